The Hall–Kier alpha value is -3.80. The number of benzene rings is 3. The Balaban J connectivity index is 1.33. The second-order valence-electron chi connectivity index (χ2n) is 9.27. The molecule has 6 nitrogen and oxygen atoms in total. The molecule has 0 bridgehead atoms. The van der Waals surface area contributed by atoms with E-state index in [1.54, 1.807) is 0 Å². The van der Waals surface area contributed by atoms with Gasteiger partial charge in [0.15, 0.2) is 0 Å². The normalized spacial score (nSPS) is 15.5. The standard InChI is InChI=1S/C28H28N4O2/c1-18-14-22(21-9-10-24-25(16-21)30-19(2)29-24)15-23-17-31(12-13-34-27(18)23)28(33)32-11-5-7-20-6-3-4-8-26(20)32/h3-4,6,8-10,14-16H,5,7,11-13,17H2,1-2H3,(H,29,30). The first-order valence-electron chi connectivity index (χ1n) is 11.9. The van der Waals surface area contributed by atoms with Crippen LogP contribution in [-0.4, -0.2) is 40.6 Å². The van der Waals surface area contributed by atoms with Crippen LogP contribution in [0.3, 0.4) is 0 Å². The lowest BCUT2D eigenvalue weighted by atomic mass is 9.98. The van der Waals surface area contributed by atoms with E-state index in [1.807, 2.05) is 22.8 Å². The fourth-order valence-corrected chi connectivity index (χ4v) is 5.26. The second-order valence-corrected chi connectivity index (χ2v) is 9.27. The minimum absolute atomic E-state index is 0.0565. The molecule has 1 aromatic heterocycles. The van der Waals surface area contributed by atoms with Gasteiger partial charge in [-0.1, -0.05) is 24.3 Å². The van der Waals surface area contributed by atoms with Crippen molar-refractivity contribution < 1.29 is 9.53 Å². The van der Waals surface area contributed by atoms with Gasteiger partial charge in [-0.05, 0) is 79.3 Å². The number of hydrogen-bond donors (Lipinski definition) is 1. The van der Waals surface area contributed by atoms with Crippen LogP contribution in [0.2, 0.25) is 0 Å². The van der Waals surface area contributed by atoms with Crippen LogP contribution in [0.5, 0.6) is 5.75 Å². The number of rotatable bonds is 1. The molecule has 0 saturated carbocycles. The number of imidazole rings is 1. The highest BCUT2D eigenvalue weighted by molar-refractivity contribution is 5.93. The lowest BCUT2D eigenvalue weighted by Crippen LogP contribution is -2.46. The molecule has 0 atom stereocenters. The molecule has 2 aliphatic rings. The summed E-state index contributed by atoms with van der Waals surface area (Å²) in [5.74, 6) is 1.81. The average molecular weight is 453 g/mol. The number of carbonyl (C=O) groups is 1. The van der Waals surface area contributed by atoms with E-state index in [-0.39, 0.29) is 6.03 Å². The van der Waals surface area contributed by atoms with Gasteiger partial charge < -0.3 is 14.6 Å². The summed E-state index contributed by atoms with van der Waals surface area (Å²) >= 11 is 0. The maximum absolute atomic E-state index is 13.7. The molecule has 2 amide bonds. The van der Waals surface area contributed by atoms with Crippen molar-refractivity contribution in [2.24, 2.45) is 0 Å². The minimum atomic E-state index is 0.0565. The first-order valence-corrected chi connectivity index (χ1v) is 11.9. The van der Waals surface area contributed by atoms with Crippen molar-refractivity contribution in [2.45, 2.75) is 33.2 Å². The van der Waals surface area contributed by atoms with Crippen LogP contribution in [0, 0.1) is 13.8 Å². The average Bonchev–Trinajstić information content (AvgIpc) is 3.08. The molecule has 0 radical (unpaired) electrons. The zero-order chi connectivity index (χ0) is 23.2. The van der Waals surface area contributed by atoms with Gasteiger partial charge in [0, 0.05) is 17.8 Å². The van der Waals surface area contributed by atoms with E-state index in [2.05, 4.69) is 65.4 Å². The van der Waals surface area contributed by atoms with E-state index in [4.69, 9.17) is 4.74 Å². The number of nitrogens with zero attached hydrogens (tertiary/aromatic N) is 3. The Morgan fingerprint density at radius 3 is 2.79 bits per heavy atom. The topological polar surface area (TPSA) is 61.5 Å². The van der Waals surface area contributed by atoms with Crippen LogP contribution in [0.4, 0.5) is 10.5 Å². The maximum Gasteiger partial charge on any atom is 0.324 e. The molecule has 0 aliphatic carbocycles. The van der Waals surface area contributed by atoms with Crippen LogP contribution >= 0.6 is 0 Å². The van der Waals surface area contributed by atoms with E-state index in [0.717, 1.165) is 69.9 Å². The molecule has 6 heteroatoms. The Morgan fingerprint density at radius 1 is 1.00 bits per heavy atom. The number of anilines is 1. The Labute approximate surface area is 199 Å². The van der Waals surface area contributed by atoms with Gasteiger partial charge in [-0.3, -0.25) is 4.90 Å². The fourth-order valence-electron chi connectivity index (χ4n) is 5.26. The summed E-state index contributed by atoms with van der Waals surface area (Å²) in [4.78, 5) is 25.4. The molecule has 2 aliphatic heterocycles. The number of carbonyl (C=O) groups excluding carboxylic acids is 1. The molecule has 0 fully saturated rings. The van der Waals surface area contributed by atoms with Crippen molar-refractivity contribution >= 4 is 22.8 Å². The summed E-state index contributed by atoms with van der Waals surface area (Å²) in [6.07, 6.45) is 2.01. The van der Waals surface area contributed by atoms with Crippen LogP contribution in [0.25, 0.3) is 22.2 Å². The summed E-state index contributed by atoms with van der Waals surface area (Å²) < 4.78 is 6.15. The molecule has 34 heavy (non-hydrogen) atoms. The molecule has 0 spiro atoms. The number of nitrogens with one attached hydrogen (secondary N) is 1. The summed E-state index contributed by atoms with van der Waals surface area (Å²) in [6, 6.07) is 18.9. The van der Waals surface area contributed by atoms with E-state index in [9.17, 15) is 4.79 Å². The molecular weight excluding hydrogens is 424 g/mol. The minimum Gasteiger partial charge on any atom is -0.491 e. The lowest BCUT2D eigenvalue weighted by molar-refractivity contribution is 0.193. The first kappa shape index (κ1) is 20.8. The number of H-pyrrole nitrogens is 1. The number of hydrogen-bond acceptors (Lipinski definition) is 3. The number of aromatic nitrogens is 2. The number of ether oxygens (including phenoxy) is 1. The summed E-state index contributed by atoms with van der Waals surface area (Å²) in [6.45, 7) is 6.40. The van der Waals surface area contributed by atoms with Crippen molar-refractivity contribution in [3.05, 3.63) is 77.1 Å². The Bertz CT molecular complexity index is 1410. The van der Waals surface area contributed by atoms with E-state index >= 15 is 0 Å². The first-order chi connectivity index (χ1) is 16.6. The molecule has 0 saturated heterocycles. The molecule has 1 N–H and O–H groups in total. The summed E-state index contributed by atoms with van der Waals surface area (Å²) in [7, 11) is 0. The predicted octanol–water partition coefficient (Wildman–Crippen LogP) is 5.61. The molecular formula is C28H28N4O2. The van der Waals surface area contributed by atoms with Gasteiger partial charge in [0.1, 0.15) is 18.2 Å². The van der Waals surface area contributed by atoms with Gasteiger partial charge in [-0.15, -0.1) is 0 Å². The van der Waals surface area contributed by atoms with E-state index < -0.39 is 0 Å². The van der Waals surface area contributed by atoms with Gasteiger partial charge in [0.05, 0.1) is 24.1 Å². The van der Waals surface area contributed by atoms with Gasteiger partial charge in [-0.2, -0.15) is 0 Å². The molecule has 6 rings (SSSR count). The third-order valence-electron chi connectivity index (χ3n) is 6.87. The van der Waals surface area contributed by atoms with Crippen molar-refractivity contribution in [3.63, 3.8) is 0 Å². The van der Waals surface area contributed by atoms with Crippen molar-refractivity contribution in [1.82, 2.24) is 14.9 Å². The predicted molar refractivity (Wildman–Crippen MR) is 134 cm³/mol. The Kier molecular flexibility index (Phi) is 5.01. The van der Waals surface area contributed by atoms with E-state index in [1.165, 1.54) is 5.56 Å². The highest BCUT2D eigenvalue weighted by atomic mass is 16.5. The van der Waals surface area contributed by atoms with Crippen LogP contribution in [-0.2, 0) is 13.0 Å². The maximum atomic E-state index is 13.7. The number of para-hydroxylation sites is 1. The molecule has 172 valence electrons. The number of aryl methyl sites for hydroxylation is 3. The zero-order valence-corrected chi connectivity index (χ0v) is 19.6. The number of urea groups is 1. The third kappa shape index (κ3) is 3.59. The molecule has 0 unspecified atom stereocenters. The van der Waals surface area contributed by atoms with Crippen LogP contribution in [0.15, 0.2) is 54.6 Å². The highest BCUT2D eigenvalue weighted by Gasteiger charge is 2.29. The number of fused-ring (bicyclic) bond motifs is 3. The quantitative estimate of drug-likeness (QED) is 0.408. The SMILES string of the molecule is Cc1nc2ccc(-c3cc(C)c4c(c3)CN(C(=O)N3CCCc5ccccc53)CCO4)cc2[nH]1. The molecule has 4 aromatic rings. The largest absolute Gasteiger partial charge is 0.491 e. The third-order valence-corrected chi connectivity index (χ3v) is 6.87. The fraction of sp³-hybridized carbons (Fsp3) is 0.286. The van der Waals surface area contributed by atoms with Crippen molar-refractivity contribution in [1.29, 1.82) is 0 Å². The number of aromatic amines is 1. The monoisotopic (exact) mass is 452 g/mol. The Morgan fingerprint density at radius 2 is 1.88 bits per heavy atom. The second kappa shape index (κ2) is 8.20. The number of amides is 2. The van der Waals surface area contributed by atoms with Crippen LogP contribution in [0.1, 0.15) is 28.9 Å². The van der Waals surface area contributed by atoms with Gasteiger partial charge in [-0.25, -0.2) is 9.78 Å². The smallest absolute Gasteiger partial charge is 0.324 e. The van der Waals surface area contributed by atoms with E-state index in [0.29, 0.717) is 19.7 Å². The molecule has 3 aromatic carbocycles. The molecule has 3 heterocycles. The summed E-state index contributed by atoms with van der Waals surface area (Å²) in [5, 5.41) is 0. The summed E-state index contributed by atoms with van der Waals surface area (Å²) in [5.41, 5.74) is 8.65. The van der Waals surface area contributed by atoms with Gasteiger partial charge >= 0.3 is 6.03 Å². The van der Waals surface area contributed by atoms with Crippen molar-refractivity contribution in [2.75, 3.05) is 24.6 Å². The van der Waals surface area contributed by atoms with Gasteiger partial charge in [0.2, 0.25) is 0 Å². The van der Waals surface area contributed by atoms with Gasteiger partial charge in [0.25, 0.3) is 0 Å². The lowest BCUT2D eigenvalue weighted by Gasteiger charge is -2.33. The zero-order valence-electron chi connectivity index (χ0n) is 19.6. The van der Waals surface area contributed by atoms with Crippen LogP contribution < -0.4 is 9.64 Å². The highest BCUT2D eigenvalue weighted by Crippen LogP contribution is 2.35. The van der Waals surface area contributed by atoms with Crippen molar-refractivity contribution in [3.8, 4) is 16.9 Å².